The second kappa shape index (κ2) is 6.60. The van der Waals surface area contributed by atoms with Crippen molar-refractivity contribution in [1.29, 1.82) is 0 Å². The first kappa shape index (κ1) is 16.4. The van der Waals surface area contributed by atoms with E-state index >= 15 is 0 Å². The Bertz CT molecular complexity index is 1020. The zero-order valence-corrected chi connectivity index (χ0v) is 13.7. The third-order valence-corrected chi connectivity index (χ3v) is 3.78. The molecule has 128 valence electrons. The molecule has 0 aliphatic heterocycles. The fourth-order valence-electron chi connectivity index (χ4n) is 2.48. The van der Waals surface area contributed by atoms with Gasteiger partial charge in [-0.15, -0.1) is 0 Å². The van der Waals surface area contributed by atoms with E-state index in [2.05, 4.69) is 16.0 Å². The molecule has 2 aromatic heterocycles. The highest BCUT2D eigenvalue weighted by molar-refractivity contribution is 6.06. The van der Waals surface area contributed by atoms with Crippen molar-refractivity contribution in [2.75, 3.05) is 0 Å². The SMILES string of the molecule is CCn1nc(C(=O)NNC(=O)c2ccoc2C)c2ccccc2c1=O. The largest absolute Gasteiger partial charge is 0.469 e. The van der Waals surface area contributed by atoms with Gasteiger partial charge in [0.2, 0.25) is 0 Å². The molecule has 0 bridgehead atoms. The smallest absolute Gasteiger partial charge is 0.290 e. The summed E-state index contributed by atoms with van der Waals surface area (Å²) in [4.78, 5) is 36.8. The molecule has 3 aromatic rings. The lowest BCUT2D eigenvalue weighted by Gasteiger charge is -2.10. The average molecular weight is 340 g/mol. The molecule has 0 atom stereocenters. The van der Waals surface area contributed by atoms with Gasteiger partial charge in [0, 0.05) is 11.9 Å². The van der Waals surface area contributed by atoms with Crippen LogP contribution in [0.1, 0.15) is 33.5 Å². The molecule has 0 unspecified atom stereocenters. The maximum atomic E-state index is 12.5. The van der Waals surface area contributed by atoms with Crippen LogP contribution in [-0.2, 0) is 6.54 Å². The van der Waals surface area contributed by atoms with Crippen molar-refractivity contribution in [3.63, 3.8) is 0 Å². The van der Waals surface area contributed by atoms with Crippen LogP contribution in [0.2, 0.25) is 0 Å². The van der Waals surface area contributed by atoms with Crippen LogP contribution in [0.15, 0.2) is 45.8 Å². The van der Waals surface area contributed by atoms with Crippen molar-refractivity contribution in [2.24, 2.45) is 0 Å². The lowest BCUT2D eigenvalue weighted by Crippen LogP contribution is -2.42. The van der Waals surface area contributed by atoms with Gasteiger partial charge in [0.25, 0.3) is 17.4 Å². The van der Waals surface area contributed by atoms with E-state index in [4.69, 9.17) is 4.42 Å². The van der Waals surface area contributed by atoms with E-state index in [-0.39, 0.29) is 11.3 Å². The van der Waals surface area contributed by atoms with Gasteiger partial charge < -0.3 is 4.42 Å². The van der Waals surface area contributed by atoms with E-state index in [1.54, 1.807) is 38.1 Å². The predicted molar refractivity (Wildman–Crippen MR) is 90.1 cm³/mol. The number of aryl methyl sites for hydroxylation is 2. The number of aromatic nitrogens is 2. The van der Waals surface area contributed by atoms with Crippen LogP contribution >= 0.6 is 0 Å². The molecule has 1 aromatic carbocycles. The molecule has 0 aliphatic rings. The Kier molecular flexibility index (Phi) is 4.34. The summed E-state index contributed by atoms with van der Waals surface area (Å²) in [5.41, 5.74) is 4.74. The van der Waals surface area contributed by atoms with Gasteiger partial charge in [0.1, 0.15) is 5.76 Å². The molecule has 3 rings (SSSR count). The van der Waals surface area contributed by atoms with Crippen molar-refractivity contribution in [3.05, 3.63) is 64.0 Å². The van der Waals surface area contributed by atoms with Gasteiger partial charge in [0.15, 0.2) is 5.69 Å². The van der Waals surface area contributed by atoms with E-state index in [9.17, 15) is 14.4 Å². The fraction of sp³-hybridized carbons (Fsp3) is 0.176. The highest BCUT2D eigenvalue weighted by Gasteiger charge is 2.18. The molecule has 0 spiro atoms. The van der Waals surface area contributed by atoms with E-state index in [0.29, 0.717) is 28.6 Å². The van der Waals surface area contributed by atoms with Gasteiger partial charge in [-0.25, -0.2) is 4.68 Å². The Morgan fingerprint density at radius 2 is 1.80 bits per heavy atom. The zero-order valence-electron chi connectivity index (χ0n) is 13.7. The van der Waals surface area contributed by atoms with Crippen LogP contribution in [0.3, 0.4) is 0 Å². The monoisotopic (exact) mass is 340 g/mol. The van der Waals surface area contributed by atoms with Crippen LogP contribution in [-0.4, -0.2) is 21.6 Å². The Labute approximate surface area is 142 Å². The maximum Gasteiger partial charge on any atom is 0.290 e. The minimum Gasteiger partial charge on any atom is -0.469 e. The van der Waals surface area contributed by atoms with E-state index < -0.39 is 11.8 Å². The Morgan fingerprint density at radius 3 is 2.44 bits per heavy atom. The van der Waals surface area contributed by atoms with E-state index in [0.717, 1.165) is 0 Å². The first-order chi connectivity index (χ1) is 12.0. The Hall–Kier alpha value is -3.42. The van der Waals surface area contributed by atoms with Crippen molar-refractivity contribution in [3.8, 4) is 0 Å². The maximum absolute atomic E-state index is 12.5. The molecule has 0 fully saturated rings. The number of carbonyl (C=O) groups is 2. The molecule has 2 N–H and O–H groups in total. The second-order valence-corrected chi connectivity index (χ2v) is 5.31. The van der Waals surface area contributed by atoms with Crippen LogP contribution in [0.4, 0.5) is 0 Å². The molecule has 0 saturated heterocycles. The molecule has 0 saturated carbocycles. The second-order valence-electron chi connectivity index (χ2n) is 5.31. The van der Waals surface area contributed by atoms with Gasteiger partial charge in [-0.1, -0.05) is 18.2 Å². The summed E-state index contributed by atoms with van der Waals surface area (Å²) in [5.74, 6) is -0.685. The molecular weight excluding hydrogens is 324 g/mol. The molecular formula is C17H16N4O4. The summed E-state index contributed by atoms with van der Waals surface area (Å²) in [7, 11) is 0. The van der Waals surface area contributed by atoms with Gasteiger partial charge in [-0.3, -0.25) is 25.2 Å². The quantitative estimate of drug-likeness (QED) is 0.701. The number of rotatable bonds is 3. The number of nitrogens with one attached hydrogen (secondary N) is 2. The minimum absolute atomic E-state index is 0.0567. The third kappa shape index (κ3) is 3.01. The number of nitrogens with zero attached hydrogens (tertiary/aromatic N) is 2. The first-order valence-electron chi connectivity index (χ1n) is 7.67. The number of hydrogen-bond acceptors (Lipinski definition) is 5. The summed E-state index contributed by atoms with van der Waals surface area (Å²) in [6, 6.07) is 8.21. The molecule has 8 heteroatoms. The lowest BCUT2D eigenvalue weighted by atomic mass is 10.1. The number of fused-ring (bicyclic) bond motifs is 1. The normalized spacial score (nSPS) is 10.6. The summed E-state index contributed by atoms with van der Waals surface area (Å²) >= 11 is 0. The van der Waals surface area contributed by atoms with Crippen molar-refractivity contribution in [2.45, 2.75) is 20.4 Å². The standard InChI is InChI=1S/C17H16N4O4/c1-3-21-17(24)13-7-5-4-6-12(13)14(20-21)16(23)19-18-15(22)11-8-9-25-10(11)2/h4-9H,3H2,1-2H3,(H,18,22)(H,19,23). The fourth-order valence-corrected chi connectivity index (χ4v) is 2.48. The number of amides is 2. The van der Waals surface area contributed by atoms with Crippen molar-refractivity contribution >= 4 is 22.6 Å². The minimum atomic E-state index is -0.618. The molecule has 2 amide bonds. The van der Waals surface area contributed by atoms with Crippen LogP contribution < -0.4 is 16.4 Å². The first-order valence-corrected chi connectivity index (χ1v) is 7.67. The third-order valence-electron chi connectivity index (χ3n) is 3.78. The lowest BCUT2D eigenvalue weighted by molar-refractivity contribution is 0.0842. The van der Waals surface area contributed by atoms with Crippen LogP contribution in [0.25, 0.3) is 10.8 Å². The number of hydrazine groups is 1. The van der Waals surface area contributed by atoms with E-state index in [1.807, 2.05) is 0 Å². The highest BCUT2D eigenvalue weighted by atomic mass is 16.3. The highest BCUT2D eigenvalue weighted by Crippen LogP contribution is 2.13. The summed E-state index contributed by atoms with van der Waals surface area (Å²) < 4.78 is 6.26. The summed E-state index contributed by atoms with van der Waals surface area (Å²) in [6.45, 7) is 3.72. The number of benzene rings is 1. The average Bonchev–Trinajstić information content (AvgIpc) is 3.06. The molecule has 0 radical (unpaired) electrons. The topological polar surface area (TPSA) is 106 Å². The molecule has 25 heavy (non-hydrogen) atoms. The molecule has 8 nitrogen and oxygen atoms in total. The number of hydrogen-bond donors (Lipinski definition) is 2. The Balaban J connectivity index is 1.90. The zero-order chi connectivity index (χ0) is 18.0. The molecule has 2 heterocycles. The van der Waals surface area contributed by atoms with Crippen molar-refractivity contribution < 1.29 is 14.0 Å². The van der Waals surface area contributed by atoms with E-state index in [1.165, 1.54) is 17.0 Å². The summed E-state index contributed by atoms with van der Waals surface area (Å²) in [5, 5.41) is 4.91. The van der Waals surface area contributed by atoms with Crippen molar-refractivity contribution in [1.82, 2.24) is 20.6 Å². The van der Waals surface area contributed by atoms with Gasteiger partial charge in [-0.05, 0) is 26.0 Å². The number of furan rings is 1. The van der Waals surface area contributed by atoms with Gasteiger partial charge >= 0.3 is 0 Å². The Morgan fingerprint density at radius 1 is 1.12 bits per heavy atom. The summed E-state index contributed by atoms with van der Waals surface area (Å²) in [6.07, 6.45) is 1.39. The predicted octanol–water partition coefficient (Wildman–Crippen LogP) is 1.39. The van der Waals surface area contributed by atoms with Gasteiger partial charge in [0.05, 0.1) is 17.2 Å². The van der Waals surface area contributed by atoms with Crippen LogP contribution in [0, 0.1) is 6.92 Å². The van der Waals surface area contributed by atoms with Crippen LogP contribution in [0.5, 0.6) is 0 Å². The van der Waals surface area contributed by atoms with Gasteiger partial charge in [-0.2, -0.15) is 5.10 Å². The molecule has 0 aliphatic carbocycles. The number of carbonyl (C=O) groups excluding carboxylic acids is 2.